The molecule has 0 amide bonds. The van der Waals surface area contributed by atoms with Crippen LogP contribution >= 0.6 is 0 Å². The lowest BCUT2D eigenvalue weighted by Crippen LogP contribution is -2.50. The van der Waals surface area contributed by atoms with Crippen molar-refractivity contribution in [2.45, 2.75) is 50.0 Å². The Labute approximate surface area is 112 Å². The van der Waals surface area contributed by atoms with Crippen LogP contribution in [0.1, 0.15) is 32.6 Å². The van der Waals surface area contributed by atoms with Crippen LogP contribution in [0.4, 0.5) is 0 Å². The topological polar surface area (TPSA) is 47.6 Å². The van der Waals surface area contributed by atoms with E-state index in [1.807, 2.05) is 0 Å². The Morgan fingerprint density at radius 1 is 1.33 bits per heavy atom. The van der Waals surface area contributed by atoms with E-state index in [0.29, 0.717) is 18.4 Å². The molecular weight excluding hydrogens is 250 g/mol. The summed E-state index contributed by atoms with van der Waals surface area (Å²) in [6.45, 7) is 5.40. The maximum Gasteiger partial charge on any atom is 0.0736 e. The standard InChI is InChI=1S/C13H25NO3S/c1-2-6-14-12-5-8-16-9-13(12)18(15)10-11-4-3-7-17-11/h11-14H,2-10H2,1H3. The fourth-order valence-electron chi connectivity index (χ4n) is 2.62. The first-order valence-corrected chi connectivity index (χ1v) is 8.49. The summed E-state index contributed by atoms with van der Waals surface area (Å²) < 4.78 is 23.5. The van der Waals surface area contributed by atoms with Crippen molar-refractivity contribution in [3.05, 3.63) is 0 Å². The molecule has 106 valence electrons. The molecule has 2 fully saturated rings. The van der Waals surface area contributed by atoms with Gasteiger partial charge < -0.3 is 14.8 Å². The second-order valence-corrected chi connectivity index (χ2v) is 6.85. The lowest BCUT2D eigenvalue weighted by molar-refractivity contribution is 0.0813. The molecule has 0 aromatic carbocycles. The van der Waals surface area contributed by atoms with Crippen molar-refractivity contribution < 1.29 is 13.7 Å². The summed E-state index contributed by atoms with van der Waals surface area (Å²) in [5.41, 5.74) is 0. The highest BCUT2D eigenvalue weighted by Gasteiger charge is 2.32. The molecule has 0 bridgehead atoms. The number of hydrogen-bond acceptors (Lipinski definition) is 4. The lowest BCUT2D eigenvalue weighted by Gasteiger charge is -2.32. The largest absolute Gasteiger partial charge is 0.380 e. The van der Waals surface area contributed by atoms with Crippen LogP contribution in [-0.4, -0.2) is 53.7 Å². The van der Waals surface area contributed by atoms with Gasteiger partial charge in [-0.3, -0.25) is 4.21 Å². The summed E-state index contributed by atoms with van der Waals surface area (Å²) in [7, 11) is -0.842. The van der Waals surface area contributed by atoms with Gasteiger partial charge >= 0.3 is 0 Å². The average Bonchev–Trinajstić information content (AvgIpc) is 2.89. The minimum Gasteiger partial charge on any atom is -0.380 e. The molecule has 4 unspecified atom stereocenters. The SMILES string of the molecule is CCCNC1CCOCC1S(=O)CC1CCCO1. The van der Waals surface area contributed by atoms with Crippen molar-refractivity contribution in [3.8, 4) is 0 Å². The molecule has 2 saturated heterocycles. The van der Waals surface area contributed by atoms with Crippen LogP contribution in [0.25, 0.3) is 0 Å². The zero-order valence-electron chi connectivity index (χ0n) is 11.2. The van der Waals surface area contributed by atoms with Crippen molar-refractivity contribution in [2.24, 2.45) is 0 Å². The minimum absolute atomic E-state index is 0.134. The molecule has 0 spiro atoms. The molecule has 1 N–H and O–H groups in total. The van der Waals surface area contributed by atoms with Gasteiger partial charge in [0.15, 0.2) is 0 Å². The molecule has 2 rings (SSSR count). The molecule has 18 heavy (non-hydrogen) atoms. The number of nitrogens with one attached hydrogen (secondary N) is 1. The van der Waals surface area contributed by atoms with E-state index in [2.05, 4.69) is 12.2 Å². The first kappa shape index (κ1) is 14.4. The van der Waals surface area contributed by atoms with E-state index in [-0.39, 0.29) is 11.4 Å². The zero-order chi connectivity index (χ0) is 12.8. The third-order valence-corrected chi connectivity index (χ3v) is 5.51. The molecule has 5 heteroatoms. The molecule has 4 atom stereocenters. The van der Waals surface area contributed by atoms with Crippen LogP contribution in [-0.2, 0) is 20.3 Å². The maximum atomic E-state index is 12.4. The van der Waals surface area contributed by atoms with Crippen LogP contribution in [0.15, 0.2) is 0 Å². The van der Waals surface area contributed by atoms with Gasteiger partial charge in [0.05, 0.1) is 23.7 Å². The van der Waals surface area contributed by atoms with E-state index in [1.54, 1.807) is 0 Å². The highest BCUT2D eigenvalue weighted by Crippen LogP contribution is 2.19. The van der Waals surface area contributed by atoms with Crippen molar-refractivity contribution in [3.63, 3.8) is 0 Å². The zero-order valence-corrected chi connectivity index (χ0v) is 12.0. The van der Waals surface area contributed by atoms with Gasteiger partial charge in [0, 0.05) is 30.1 Å². The second-order valence-electron chi connectivity index (χ2n) is 5.15. The van der Waals surface area contributed by atoms with Crippen LogP contribution in [0, 0.1) is 0 Å². The third-order valence-electron chi connectivity index (χ3n) is 3.67. The highest BCUT2D eigenvalue weighted by molar-refractivity contribution is 7.85. The molecule has 0 aromatic rings. The Balaban J connectivity index is 1.84. The highest BCUT2D eigenvalue weighted by atomic mass is 32.2. The van der Waals surface area contributed by atoms with Gasteiger partial charge in [-0.05, 0) is 32.2 Å². The molecule has 0 aliphatic carbocycles. The Bertz CT molecular complexity index is 269. The van der Waals surface area contributed by atoms with E-state index in [9.17, 15) is 4.21 Å². The average molecular weight is 275 g/mol. The second kappa shape index (κ2) is 7.58. The predicted octanol–water partition coefficient (Wildman–Crippen LogP) is 1.07. The summed E-state index contributed by atoms with van der Waals surface area (Å²) in [5, 5.41) is 3.65. The predicted molar refractivity (Wildman–Crippen MR) is 73.3 cm³/mol. The van der Waals surface area contributed by atoms with Crippen LogP contribution < -0.4 is 5.32 Å². The Hall–Kier alpha value is 0.0300. The molecule has 2 aliphatic heterocycles. The molecular formula is C13H25NO3S. The van der Waals surface area contributed by atoms with Gasteiger partial charge in [-0.15, -0.1) is 0 Å². The number of hydrogen-bond donors (Lipinski definition) is 1. The first-order valence-electron chi connectivity index (χ1n) is 7.11. The van der Waals surface area contributed by atoms with Crippen LogP contribution in [0.5, 0.6) is 0 Å². The van der Waals surface area contributed by atoms with Gasteiger partial charge in [-0.2, -0.15) is 0 Å². The van der Waals surface area contributed by atoms with E-state index < -0.39 is 10.8 Å². The Morgan fingerprint density at radius 3 is 2.94 bits per heavy atom. The van der Waals surface area contributed by atoms with Crippen molar-refractivity contribution in [1.29, 1.82) is 0 Å². The van der Waals surface area contributed by atoms with Gasteiger partial charge in [0.1, 0.15) is 0 Å². The van der Waals surface area contributed by atoms with Gasteiger partial charge in [0.25, 0.3) is 0 Å². The molecule has 0 aromatic heterocycles. The fraction of sp³-hybridized carbons (Fsp3) is 1.00. The van der Waals surface area contributed by atoms with Crippen LogP contribution in [0.3, 0.4) is 0 Å². The van der Waals surface area contributed by atoms with Crippen molar-refractivity contribution in [1.82, 2.24) is 5.32 Å². The van der Waals surface area contributed by atoms with E-state index >= 15 is 0 Å². The van der Waals surface area contributed by atoms with E-state index in [4.69, 9.17) is 9.47 Å². The number of ether oxygens (including phenoxy) is 2. The maximum absolute atomic E-state index is 12.4. The fourth-order valence-corrected chi connectivity index (χ4v) is 4.34. The van der Waals surface area contributed by atoms with Gasteiger partial charge in [0.2, 0.25) is 0 Å². The summed E-state index contributed by atoms with van der Waals surface area (Å²) in [4.78, 5) is 0. The van der Waals surface area contributed by atoms with E-state index in [1.165, 1.54) is 0 Å². The lowest BCUT2D eigenvalue weighted by atomic mass is 10.1. The summed E-state index contributed by atoms with van der Waals surface area (Å²) in [5.74, 6) is 0.679. The monoisotopic (exact) mass is 275 g/mol. The number of rotatable bonds is 6. The van der Waals surface area contributed by atoms with Gasteiger partial charge in [-0.25, -0.2) is 0 Å². The van der Waals surface area contributed by atoms with Crippen molar-refractivity contribution in [2.75, 3.05) is 32.1 Å². The quantitative estimate of drug-likeness (QED) is 0.788. The normalized spacial score (nSPS) is 34.6. The molecule has 0 saturated carbocycles. The van der Waals surface area contributed by atoms with E-state index in [0.717, 1.165) is 45.4 Å². The minimum atomic E-state index is -0.842. The molecule has 2 heterocycles. The Kier molecular flexibility index (Phi) is 6.08. The summed E-state index contributed by atoms with van der Waals surface area (Å²) >= 11 is 0. The third kappa shape index (κ3) is 4.02. The molecule has 0 radical (unpaired) electrons. The Morgan fingerprint density at radius 2 is 2.22 bits per heavy atom. The summed E-state index contributed by atoms with van der Waals surface area (Å²) in [6.07, 6.45) is 4.47. The molecule has 4 nitrogen and oxygen atoms in total. The summed E-state index contributed by atoms with van der Waals surface area (Å²) in [6, 6.07) is 0.348. The van der Waals surface area contributed by atoms with Crippen LogP contribution in [0.2, 0.25) is 0 Å². The first-order chi connectivity index (χ1) is 8.81. The smallest absolute Gasteiger partial charge is 0.0736 e. The van der Waals surface area contributed by atoms with Gasteiger partial charge in [-0.1, -0.05) is 6.92 Å². The van der Waals surface area contributed by atoms with Crippen molar-refractivity contribution >= 4 is 10.8 Å². The molecule has 2 aliphatic rings.